The van der Waals surface area contributed by atoms with Gasteiger partial charge in [0.25, 0.3) is 5.56 Å². The Hall–Kier alpha value is -2.82. The molecular formula is C17H15NO4. The van der Waals surface area contributed by atoms with Gasteiger partial charge in [-0.3, -0.25) is 4.79 Å². The number of pyridine rings is 1. The minimum absolute atomic E-state index is 0.0213. The first-order valence-electron chi connectivity index (χ1n) is 6.97. The van der Waals surface area contributed by atoms with Crippen molar-refractivity contribution in [3.05, 3.63) is 63.2 Å². The Balaban J connectivity index is 2.49. The second-order valence-corrected chi connectivity index (χ2v) is 5.35. The highest BCUT2D eigenvalue weighted by Gasteiger charge is 2.17. The first kappa shape index (κ1) is 14.1. The van der Waals surface area contributed by atoms with Crippen LogP contribution in [0.1, 0.15) is 19.9 Å². The average Bonchev–Trinajstić information content (AvgIpc) is 2.46. The van der Waals surface area contributed by atoms with Crippen LogP contribution in [-0.4, -0.2) is 9.67 Å². The average molecular weight is 297 g/mol. The molecule has 0 bridgehead atoms. The summed E-state index contributed by atoms with van der Waals surface area (Å²) in [6.07, 6.45) is 0. The third-order valence-electron chi connectivity index (χ3n) is 3.51. The molecule has 0 saturated carbocycles. The molecule has 0 spiro atoms. The second-order valence-electron chi connectivity index (χ2n) is 5.35. The number of fused-ring (bicyclic) bond motifs is 1. The van der Waals surface area contributed by atoms with E-state index in [9.17, 15) is 14.7 Å². The van der Waals surface area contributed by atoms with Crippen LogP contribution in [0.4, 0.5) is 0 Å². The number of hydrogen-bond acceptors (Lipinski definition) is 4. The highest BCUT2D eigenvalue weighted by molar-refractivity contribution is 5.85. The summed E-state index contributed by atoms with van der Waals surface area (Å²) in [6, 6.07) is 11.8. The molecule has 0 unspecified atom stereocenters. The maximum Gasteiger partial charge on any atom is 0.339 e. The van der Waals surface area contributed by atoms with Crippen molar-refractivity contribution in [3.63, 3.8) is 0 Å². The second kappa shape index (κ2) is 5.18. The Labute approximate surface area is 126 Å². The van der Waals surface area contributed by atoms with Crippen LogP contribution in [-0.2, 0) is 0 Å². The molecule has 22 heavy (non-hydrogen) atoms. The van der Waals surface area contributed by atoms with Gasteiger partial charge in [0.1, 0.15) is 16.7 Å². The largest absolute Gasteiger partial charge is 0.507 e. The number of nitrogens with zero attached hydrogens (tertiary/aromatic N) is 1. The van der Waals surface area contributed by atoms with E-state index in [4.69, 9.17) is 4.42 Å². The summed E-state index contributed by atoms with van der Waals surface area (Å²) in [5, 5.41) is 9.95. The lowest BCUT2D eigenvalue weighted by molar-refractivity contribution is 0.465. The van der Waals surface area contributed by atoms with E-state index in [1.165, 1.54) is 0 Å². The summed E-state index contributed by atoms with van der Waals surface area (Å²) in [5.74, 6) is -0.356. The molecule has 0 amide bonds. The van der Waals surface area contributed by atoms with E-state index in [-0.39, 0.29) is 28.3 Å². The van der Waals surface area contributed by atoms with Crippen molar-refractivity contribution in [2.45, 2.75) is 19.9 Å². The zero-order valence-electron chi connectivity index (χ0n) is 12.2. The van der Waals surface area contributed by atoms with Crippen LogP contribution >= 0.6 is 0 Å². The Morgan fingerprint density at radius 3 is 2.41 bits per heavy atom. The molecule has 5 nitrogen and oxygen atoms in total. The molecule has 1 aromatic carbocycles. The summed E-state index contributed by atoms with van der Waals surface area (Å²) in [5.41, 5.74) is 0.493. The zero-order valence-corrected chi connectivity index (χ0v) is 12.2. The Morgan fingerprint density at radius 1 is 1.09 bits per heavy atom. The highest BCUT2D eigenvalue weighted by atomic mass is 16.4. The van der Waals surface area contributed by atoms with Crippen molar-refractivity contribution in [3.8, 4) is 17.0 Å². The summed E-state index contributed by atoms with van der Waals surface area (Å²) in [6.45, 7) is 3.77. The van der Waals surface area contributed by atoms with Crippen LogP contribution in [0.5, 0.6) is 5.75 Å². The summed E-state index contributed by atoms with van der Waals surface area (Å²) >= 11 is 0. The molecule has 0 aliphatic heterocycles. The molecule has 2 aromatic heterocycles. The first-order valence-corrected chi connectivity index (χ1v) is 6.97. The Bertz CT molecular complexity index is 952. The van der Waals surface area contributed by atoms with E-state index < -0.39 is 5.63 Å². The van der Waals surface area contributed by atoms with E-state index in [2.05, 4.69) is 0 Å². The van der Waals surface area contributed by atoms with Crippen LogP contribution in [0.25, 0.3) is 22.2 Å². The van der Waals surface area contributed by atoms with Gasteiger partial charge in [0.15, 0.2) is 0 Å². The van der Waals surface area contributed by atoms with Crippen LogP contribution in [0.2, 0.25) is 0 Å². The first-order chi connectivity index (χ1) is 10.5. The van der Waals surface area contributed by atoms with Gasteiger partial charge in [-0.25, -0.2) is 4.79 Å². The van der Waals surface area contributed by atoms with Gasteiger partial charge in [0, 0.05) is 12.1 Å². The SMILES string of the molecule is CC(C)n1c(-c2ccccc2)cc2oc(=O)cc(O)c2c1=O. The molecule has 112 valence electrons. The van der Waals surface area contributed by atoms with Gasteiger partial charge in [-0.1, -0.05) is 30.3 Å². The fourth-order valence-electron chi connectivity index (χ4n) is 2.58. The van der Waals surface area contributed by atoms with Crippen LogP contribution in [0.15, 0.2) is 56.5 Å². The number of aromatic hydroxyl groups is 1. The minimum atomic E-state index is -0.689. The molecule has 0 aliphatic rings. The van der Waals surface area contributed by atoms with Crippen molar-refractivity contribution in [1.29, 1.82) is 0 Å². The van der Waals surface area contributed by atoms with E-state index in [1.54, 1.807) is 10.6 Å². The van der Waals surface area contributed by atoms with Crippen molar-refractivity contribution in [2.75, 3.05) is 0 Å². The van der Waals surface area contributed by atoms with Gasteiger partial charge in [-0.2, -0.15) is 0 Å². The quantitative estimate of drug-likeness (QED) is 0.789. The van der Waals surface area contributed by atoms with Crippen LogP contribution in [0.3, 0.4) is 0 Å². The van der Waals surface area contributed by atoms with Crippen molar-refractivity contribution in [1.82, 2.24) is 4.57 Å². The molecule has 0 saturated heterocycles. The van der Waals surface area contributed by atoms with Gasteiger partial charge in [0.05, 0.1) is 11.8 Å². The number of benzene rings is 1. The Kier molecular flexibility index (Phi) is 3.33. The molecule has 1 N–H and O–H groups in total. The van der Waals surface area contributed by atoms with Crippen LogP contribution in [0, 0.1) is 0 Å². The number of aromatic nitrogens is 1. The van der Waals surface area contributed by atoms with E-state index in [0.717, 1.165) is 11.6 Å². The summed E-state index contributed by atoms with van der Waals surface area (Å²) < 4.78 is 6.67. The highest BCUT2D eigenvalue weighted by Crippen LogP contribution is 2.27. The van der Waals surface area contributed by atoms with Gasteiger partial charge in [-0.15, -0.1) is 0 Å². The lowest BCUT2D eigenvalue weighted by Gasteiger charge is -2.17. The molecule has 5 heteroatoms. The maximum atomic E-state index is 12.7. The van der Waals surface area contributed by atoms with Gasteiger partial charge in [0.2, 0.25) is 0 Å². The fourth-order valence-corrected chi connectivity index (χ4v) is 2.58. The fraction of sp³-hybridized carbons (Fsp3) is 0.176. The van der Waals surface area contributed by atoms with E-state index >= 15 is 0 Å². The molecule has 2 heterocycles. The Morgan fingerprint density at radius 2 is 1.77 bits per heavy atom. The number of hydrogen-bond donors (Lipinski definition) is 1. The van der Waals surface area contributed by atoms with Gasteiger partial charge < -0.3 is 14.1 Å². The van der Waals surface area contributed by atoms with Gasteiger partial charge >= 0.3 is 5.63 Å². The summed E-state index contributed by atoms with van der Waals surface area (Å²) in [4.78, 5) is 24.2. The monoisotopic (exact) mass is 297 g/mol. The zero-order chi connectivity index (χ0) is 15.9. The lowest BCUT2D eigenvalue weighted by Crippen LogP contribution is -2.24. The third-order valence-corrected chi connectivity index (χ3v) is 3.51. The van der Waals surface area contributed by atoms with Crippen molar-refractivity contribution >= 4 is 11.0 Å². The molecule has 0 radical (unpaired) electrons. The smallest absolute Gasteiger partial charge is 0.339 e. The predicted octanol–water partition coefficient (Wildman–Crippen LogP) is 2.91. The molecular weight excluding hydrogens is 282 g/mol. The van der Waals surface area contributed by atoms with Gasteiger partial charge in [-0.05, 0) is 19.4 Å². The van der Waals surface area contributed by atoms with Crippen molar-refractivity contribution < 1.29 is 9.52 Å². The predicted molar refractivity (Wildman–Crippen MR) is 84.2 cm³/mol. The lowest BCUT2D eigenvalue weighted by atomic mass is 10.1. The summed E-state index contributed by atoms with van der Waals surface area (Å²) in [7, 11) is 0. The van der Waals surface area contributed by atoms with E-state index in [0.29, 0.717) is 5.69 Å². The minimum Gasteiger partial charge on any atom is -0.507 e. The topological polar surface area (TPSA) is 72.4 Å². The normalized spacial score (nSPS) is 11.2. The standard InChI is InChI=1S/C17H15NO4/c1-10(2)18-12(11-6-4-3-5-7-11)8-14-16(17(18)21)13(19)9-15(20)22-14/h3-10,19H,1-2H3. The molecule has 0 atom stereocenters. The molecule has 0 aliphatic carbocycles. The molecule has 3 aromatic rings. The third kappa shape index (κ3) is 2.20. The molecule has 3 rings (SSSR count). The van der Waals surface area contributed by atoms with E-state index in [1.807, 2.05) is 44.2 Å². The maximum absolute atomic E-state index is 12.7. The number of rotatable bonds is 2. The van der Waals surface area contributed by atoms with Crippen molar-refractivity contribution in [2.24, 2.45) is 0 Å². The van der Waals surface area contributed by atoms with Crippen LogP contribution < -0.4 is 11.2 Å². The molecule has 0 fully saturated rings.